The van der Waals surface area contributed by atoms with Crippen LogP contribution in [-0.2, 0) is 0 Å². The molecule has 0 aromatic heterocycles. The van der Waals surface area contributed by atoms with Crippen LogP contribution in [0.4, 0.5) is 17.1 Å². The highest BCUT2D eigenvalue weighted by atomic mass is 79.9. The molecule has 0 saturated carbocycles. The zero-order valence-corrected chi connectivity index (χ0v) is 14.0. The van der Waals surface area contributed by atoms with Crippen LogP contribution in [0.15, 0.2) is 88.3 Å². The van der Waals surface area contributed by atoms with Crippen molar-refractivity contribution in [1.82, 2.24) is 0 Å². The summed E-state index contributed by atoms with van der Waals surface area (Å²) in [6, 6.07) is 27.3. The molecular formula is C20H15BrN2. The Labute approximate surface area is 144 Å². The van der Waals surface area contributed by atoms with E-state index in [4.69, 9.17) is 0 Å². The SMILES string of the molecule is Brc1ccc(N2c3ccccc3N=CC2c2ccccc2)cc1. The lowest BCUT2D eigenvalue weighted by Crippen LogP contribution is -2.27. The molecule has 0 bridgehead atoms. The lowest BCUT2D eigenvalue weighted by atomic mass is 10.0. The number of hydrogen-bond donors (Lipinski definition) is 0. The number of para-hydroxylation sites is 2. The number of anilines is 2. The topological polar surface area (TPSA) is 15.6 Å². The van der Waals surface area contributed by atoms with E-state index >= 15 is 0 Å². The van der Waals surface area contributed by atoms with E-state index in [9.17, 15) is 0 Å². The average Bonchev–Trinajstić information content (AvgIpc) is 2.62. The smallest absolute Gasteiger partial charge is 0.0947 e. The molecule has 3 aromatic carbocycles. The van der Waals surface area contributed by atoms with E-state index in [1.165, 1.54) is 5.56 Å². The standard InChI is InChI=1S/C20H15BrN2/c21-16-10-12-17(13-11-16)23-19-9-5-4-8-18(19)22-14-20(23)15-6-2-1-3-7-15/h1-14,20H. The molecule has 112 valence electrons. The van der Waals surface area contributed by atoms with Gasteiger partial charge in [-0.1, -0.05) is 58.4 Å². The Kier molecular flexibility index (Phi) is 3.72. The molecule has 0 spiro atoms. The van der Waals surface area contributed by atoms with Crippen LogP contribution >= 0.6 is 15.9 Å². The van der Waals surface area contributed by atoms with Crippen LogP contribution in [0.5, 0.6) is 0 Å². The molecule has 1 atom stereocenters. The zero-order valence-electron chi connectivity index (χ0n) is 12.4. The van der Waals surface area contributed by atoms with Gasteiger partial charge in [-0.3, -0.25) is 4.99 Å². The Morgan fingerprint density at radius 2 is 1.48 bits per heavy atom. The maximum atomic E-state index is 4.67. The number of hydrogen-bond acceptors (Lipinski definition) is 2. The van der Waals surface area contributed by atoms with E-state index in [0.29, 0.717) is 0 Å². The van der Waals surface area contributed by atoms with E-state index in [1.54, 1.807) is 0 Å². The van der Waals surface area contributed by atoms with Crippen LogP contribution in [0.2, 0.25) is 0 Å². The van der Waals surface area contributed by atoms with Gasteiger partial charge in [0.2, 0.25) is 0 Å². The molecule has 0 fully saturated rings. The summed E-state index contributed by atoms with van der Waals surface area (Å²) in [5, 5.41) is 0. The molecule has 3 heteroatoms. The molecule has 1 unspecified atom stereocenters. The van der Waals surface area contributed by atoms with Gasteiger partial charge in [-0.05, 0) is 42.0 Å². The summed E-state index contributed by atoms with van der Waals surface area (Å²) in [5.74, 6) is 0. The van der Waals surface area contributed by atoms with Gasteiger partial charge in [0.1, 0.15) is 0 Å². The van der Waals surface area contributed by atoms with Gasteiger partial charge in [-0.2, -0.15) is 0 Å². The first kappa shape index (κ1) is 14.2. The summed E-state index contributed by atoms with van der Waals surface area (Å²) in [4.78, 5) is 7.01. The van der Waals surface area contributed by atoms with Crippen LogP contribution in [0.1, 0.15) is 11.6 Å². The lowest BCUT2D eigenvalue weighted by molar-refractivity contribution is 0.895. The van der Waals surface area contributed by atoms with Crippen molar-refractivity contribution < 1.29 is 0 Å². The van der Waals surface area contributed by atoms with E-state index < -0.39 is 0 Å². The highest BCUT2D eigenvalue weighted by Crippen LogP contribution is 2.42. The average molecular weight is 363 g/mol. The van der Waals surface area contributed by atoms with Crippen LogP contribution in [0.3, 0.4) is 0 Å². The first-order chi connectivity index (χ1) is 11.3. The second-order valence-corrected chi connectivity index (χ2v) is 6.38. The van der Waals surface area contributed by atoms with Crippen LogP contribution < -0.4 is 4.90 Å². The van der Waals surface area contributed by atoms with Crippen molar-refractivity contribution in [3.63, 3.8) is 0 Å². The number of halogens is 1. The Morgan fingerprint density at radius 1 is 0.783 bits per heavy atom. The van der Waals surface area contributed by atoms with Gasteiger partial charge < -0.3 is 4.90 Å². The number of benzene rings is 3. The third kappa shape index (κ3) is 2.68. The number of aliphatic imine (C=N–C) groups is 1. The minimum Gasteiger partial charge on any atom is -0.327 e. The molecular weight excluding hydrogens is 348 g/mol. The number of rotatable bonds is 2. The number of fused-ring (bicyclic) bond motifs is 1. The molecule has 0 N–H and O–H groups in total. The van der Waals surface area contributed by atoms with Crippen molar-refractivity contribution in [3.05, 3.63) is 88.9 Å². The largest absolute Gasteiger partial charge is 0.327 e. The zero-order chi connectivity index (χ0) is 15.6. The van der Waals surface area contributed by atoms with E-state index in [0.717, 1.165) is 21.5 Å². The van der Waals surface area contributed by atoms with Crippen molar-refractivity contribution >= 4 is 39.2 Å². The summed E-state index contributed by atoms with van der Waals surface area (Å²) in [6.45, 7) is 0. The van der Waals surface area contributed by atoms with Crippen LogP contribution in [-0.4, -0.2) is 6.21 Å². The summed E-state index contributed by atoms with van der Waals surface area (Å²) in [6.07, 6.45) is 2.03. The highest BCUT2D eigenvalue weighted by Gasteiger charge is 2.26. The van der Waals surface area contributed by atoms with Crippen LogP contribution in [0, 0.1) is 0 Å². The summed E-state index contributed by atoms with van der Waals surface area (Å²) < 4.78 is 1.08. The fraction of sp³-hybridized carbons (Fsp3) is 0.0500. The maximum absolute atomic E-state index is 4.67. The second kappa shape index (κ2) is 6.01. The first-order valence-corrected chi connectivity index (χ1v) is 8.35. The highest BCUT2D eigenvalue weighted by molar-refractivity contribution is 9.10. The monoisotopic (exact) mass is 362 g/mol. The van der Waals surface area contributed by atoms with Gasteiger partial charge in [0.15, 0.2) is 0 Å². The molecule has 2 nitrogen and oxygen atoms in total. The fourth-order valence-corrected chi connectivity index (χ4v) is 3.20. The van der Waals surface area contributed by atoms with Gasteiger partial charge in [0, 0.05) is 16.4 Å². The second-order valence-electron chi connectivity index (χ2n) is 5.47. The number of nitrogens with zero attached hydrogens (tertiary/aromatic N) is 2. The van der Waals surface area contributed by atoms with Crippen molar-refractivity contribution in [2.24, 2.45) is 4.99 Å². The summed E-state index contributed by atoms with van der Waals surface area (Å²) >= 11 is 3.52. The molecule has 0 radical (unpaired) electrons. The van der Waals surface area contributed by atoms with Crippen LogP contribution in [0.25, 0.3) is 0 Å². The van der Waals surface area contributed by atoms with E-state index in [2.05, 4.69) is 92.6 Å². The molecule has 1 aliphatic rings. The predicted octanol–water partition coefficient (Wildman–Crippen LogP) is 6.04. The molecule has 3 aromatic rings. The normalized spacial score (nSPS) is 16.2. The van der Waals surface area contributed by atoms with Gasteiger partial charge in [-0.25, -0.2) is 0 Å². The molecule has 23 heavy (non-hydrogen) atoms. The van der Waals surface area contributed by atoms with Crippen molar-refractivity contribution in [1.29, 1.82) is 0 Å². The third-order valence-electron chi connectivity index (χ3n) is 4.02. The maximum Gasteiger partial charge on any atom is 0.0947 e. The van der Waals surface area contributed by atoms with Gasteiger partial charge in [-0.15, -0.1) is 0 Å². The lowest BCUT2D eigenvalue weighted by Gasteiger charge is -2.35. The first-order valence-electron chi connectivity index (χ1n) is 7.56. The van der Waals surface area contributed by atoms with E-state index in [1.807, 2.05) is 18.3 Å². The Balaban J connectivity index is 1.88. The van der Waals surface area contributed by atoms with Gasteiger partial charge >= 0.3 is 0 Å². The molecule has 1 aliphatic heterocycles. The fourth-order valence-electron chi connectivity index (χ4n) is 2.93. The minimum absolute atomic E-state index is 0.0901. The molecule has 1 heterocycles. The van der Waals surface area contributed by atoms with E-state index in [-0.39, 0.29) is 6.04 Å². The molecule has 0 saturated heterocycles. The Bertz CT molecular complexity index is 841. The Hall–Kier alpha value is -2.39. The third-order valence-corrected chi connectivity index (χ3v) is 4.55. The molecule has 0 amide bonds. The molecule has 4 rings (SSSR count). The van der Waals surface area contributed by atoms with Crippen molar-refractivity contribution in [2.45, 2.75) is 6.04 Å². The predicted molar refractivity (Wildman–Crippen MR) is 100 cm³/mol. The summed E-state index contributed by atoms with van der Waals surface area (Å²) in [5.41, 5.74) is 4.52. The minimum atomic E-state index is 0.0901. The summed E-state index contributed by atoms with van der Waals surface area (Å²) in [7, 11) is 0. The molecule has 0 aliphatic carbocycles. The Morgan fingerprint density at radius 3 is 2.26 bits per heavy atom. The van der Waals surface area contributed by atoms with Crippen molar-refractivity contribution in [3.8, 4) is 0 Å². The van der Waals surface area contributed by atoms with Crippen molar-refractivity contribution in [2.75, 3.05) is 4.90 Å². The van der Waals surface area contributed by atoms with Gasteiger partial charge in [0.25, 0.3) is 0 Å². The van der Waals surface area contributed by atoms with Gasteiger partial charge in [0.05, 0.1) is 17.4 Å². The quantitative estimate of drug-likeness (QED) is 0.542.